The molecule has 0 heterocycles. The molecule has 0 nitrogen and oxygen atoms in total. The molecule has 0 aliphatic rings. The lowest BCUT2D eigenvalue weighted by molar-refractivity contribution is 0.584. The van der Waals surface area contributed by atoms with E-state index >= 15 is 0 Å². The Morgan fingerprint density at radius 2 is 0.970 bits per heavy atom. The molecule has 0 unspecified atom stereocenters. The van der Waals surface area contributed by atoms with E-state index in [1.807, 2.05) is 0 Å². The Morgan fingerprint density at radius 1 is 0.515 bits per heavy atom. The van der Waals surface area contributed by atoms with Crippen LogP contribution in [0.2, 0.25) is 18.1 Å². The lowest BCUT2D eigenvalue weighted by Gasteiger charge is -2.31. The summed E-state index contributed by atoms with van der Waals surface area (Å²) in [6, 6.07) is 15.7. The zero-order valence-electron chi connectivity index (χ0n) is 22.6. The van der Waals surface area contributed by atoms with Gasteiger partial charge < -0.3 is 0 Å². The highest BCUT2D eigenvalue weighted by atomic mass is 28.3. The molecule has 0 spiro atoms. The van der Waals surface area contributed by atoms with Crippen LogP contribution < -0.4 is 5.19 Å². The molecule has 0 saturated heterocycles. The predicted octanol–water partition coefficient (Wildman–Crippen LogP) is 10.8. The van der Waals surface area contributed by atoms with Crippen LogP contribution in [0.4, 0.5) is 0 Å². The molecule has 0 atom stereocenters. The minimum absolute atomic E-state index is 1.26. The van der Waals surface area contributed by atoms with Crippen LogP contribution in [0.1, 0.15) is 124 Å². The van der Waals surface area contributed by atoms with Crippen molar-refractivity contribution in [2.75, 3.05) is 0 Å². The zero-order valence-corrected chi connectivity index (χ0v) is 23.6. The van der Waals surface area contributed by atoms with Gasteiger partial charge in [-0.3, -0.25) is 0 Å². The SMILES string of the molecule is CCCCC/C=C/C[Si](C/C=C/CCCCC)(CCCCCCCCCC)c1ccccc1. The molecule has 0 aliphatic heterocycles. The number of rotatable bonds is 22. The third kappa shape index (κ3) is 14.7. The smallest absolute Gasteiger partial charge is 0.0909 e. The lowest BCUT2D eigenvalue weighted by atomic mass is 10.1. The first-order chi connectivity index (χ1) is 16.3. The molecular weight excluding hydrogens is 412 g/mol. The molecule has 0 bridgehead atoms. The second-order valence-electron chi connectivity index (χ2n) is 10.2. The number of benzene rings is 1. The van der Waals surface area contributed by atoms with Crippen LogP contribution in [-0.2, 0) is 0 Å². The standard InChI is InChI=1S/C32H56Si/c1-4-7-10-13-16-17-20-26-31-33(32-27-22-21-23-28-32,29-24-18-14-11-8-5-2)30-25-19-15-12-9-6-3/h18-19,21-25,27-28H,4-17,20,26,29-31H2,1-3H3/b24-18+,25-19+. The molecule has 1 aromatic rings. The normalized spacial score (nSPS) is 12.3. The van der Waals surface area contributed by atoms with Crippen LogP contribution in [-0.4, -0.2) is 8.07 Å². The molecule has 1 aromatic carbocycles. The van der Waals surface area contributed by atoms with Crippen molar-refractivity contribution in [2.45, 2.75) is 142 Å². The van der Waals surface area contributed by atoms with Crippen LogP contribution in [0.25, 0.3) is 0 Å². The van der Waals surface area contributed by atoms with Crippen molar-refractivity contribution in [3.8, 4) is 0 Å². The summed E-state index contributed by atoms with van der Waals surface area (Å²) in [6.45, 7) is 6.91. The van der Waals surface area contributed by atoms with E-state index in [1.165, 1.54) is 121 Å². The van der Waals surface area contributed by atoms with Crippen molar-refractivity contribution >= 4 is 13.3 Å². The van der Waals surface area contributed by atoms with E-state index in [2.05, 4.69) is 75.4 Å². The van der Waals surface area contributed by atoms with Crippen molar-refractivity contribution < 1.29 is 0 Å². The van der Waals surface area contributed by atoms with E-state index in [4.69, 9.17) is 0 Å². The van der Waals surface area contributed by atoms with Gasteiger partial charge in [0.25, 0.3) is 0 Å². The summed E-state index contributed by atoms with van der Waals surface area (Å²) in [5.41, 5.74) is 0. The van der Waals surface area contributed by atoms with Crippen molar-refractivity contribution in [2.24, 2.45) is 0 Å². The average molecular weight is 469 g/mol. The molecular formula is C32H56Si. The zero-order chi connectivity index (χ0) is 23.9. The van der Waals surface area contributed by atoms with Crippen molar-refractivity contribution in [3.05, 3.63) is 54.6 Å². The van der Waals surface area contributed by atoms with Gasteiger partial charge in [0.2, 0.25) is 0 Å². The van der Waals surface area contributed by atoms with E-state index in [9.17, 15) is 0 Å². The van der Waals surface area contributed by atoms with Gasteiger partial charge in [0.15, 0.2) is 0 Å². The Morgan fingerprint density at radius 3 is 1.48 bits per heavy atom. The summed E-state index contributed by atoms with van der Waals surface area (Å²) in [7, 11) is -1.56. The quantitative estimate of drug-likeness (QED) is 0.0901. The summed E-state index contributed by atoms with van der Waals surface area (Å²) < 4.78 is 0. The first-order valence-corrected chi connectivity index (χ1v) is 17.3. The topological polar surface area (TPSA) is 0 Å². The lowest BCUT2D eigenvalue weighted by Crippen LogP contribution is -2.46. The van der Waals surface area contributed by atoms with Gasteiger partial charge in [-0.05, 0) is 37.8 Å². The van der Waals surface area contributed by atoms with Crippen LogP contribution in [0, 0.1) is 0 Å². The van der Waals surface area contributed by atoms with Crippen molar-refractivity contribution in [1.82, 2.24) is 0 Å². The van der Waals surface area contributed by atoms with Crippen LogP contribution in [0.5, 0.6) is 0 Å². The molecule has 0 saturated carbocycles. The minimum Gasteiger partial charge on any atom is -0.0909 e. The van der Waals surface area contributed by atoms with Crippen LogP contribution in [0.3, 0.4) is 0 Å². The Kier molecular flexibility index (Phi) is 19.5. The van der Waals surface area contributed by atoms with Gasteiger partial charge in [-0.25, -0.2) is 0 Å². The third-order valence-corrected chi connectivity index (χ3v) is 12.1. The summed E-state index contributed by atoms with van der Waals surface area (Å²) in [5.74, 6) is 0. The van der Waals surface area contributed by atoms with E-state index < -0.39 is 8.07 Å². The second kappa shape index (κ2) is 21.5. The van der Waals surface area contributed by atoms with Gasteiger partial charge in [-0.15, -0.1) is 0 Å². The van der Waals surface area contributed by atoms with Gasteiger partial charge in [0, 0.05) is 0 Å². The Hall–Kier alpha value is -1.08. The monoisotopic (exact) mass is 468 g/mol. The largest absolute Gasteiger partial charge is 0.0940 e. The van der Waals surface area contributed by atoms with Crippen LogP contribution >= 0.6 is 0 Å². The van der Waals surface area contributed by atoms with Gasteiger partial charge >= 0.3 is 0 Å². The summed E-state index contributed by atoms with van der Waals surface area (Å²) >= 11 is 0. The number of hydrogen-bond acceptors (Lipinski definition) is 0. The molecule has 0 radical (unpaired) electrons. The first kappa shape index (κ1) is 29.9. The molecule has 188 valence electrons. The fourth-order valence-electron chi connectivity index (χ4n) is 4.93. The average Bonchev–Trinajstić information content (AvgIpc) is 2.85. The molecule has 0 amide bonds. The fourth-order valence-corrected chi connectivity index (χ4v) is 9.33. The van der Waals surface area contributed by atoms with E-state index in [0.29, 0.717) is 0 Å². The molecule has 33 heavy (non-hydrogen) atoms. The second-order valence-corrected chi connectivity index (χ2v) is 14.7. The van der Waals surface area contributed by atoms with E-state index in [-0.39, 0.29) is 0 Å². The van der Waals surface area contributed by atoms with Gasteiger partial charge in [-0.1, -0.05) is 164 Å². The number of hydrogen-bond donors (Lipinski definition) is 0. The maximum absolute atomic E-state index is 2.57. The maximum atomic E-state index is 2.57. The molecule has 0 N–H and O–H groups in total. The molecule has 1 rings (SSSR count). The van der Waals surface area contributed by atoms with Crippen molar-refractivity contribution in [3.63, 3.8) is 0 Å². The predicted molar refractivity (Wildman–Crippen MR) is 155 cm³/mol. The van der Waals surface area contributed by atoms with Gasteiger partial charge in [-0.2, -0.15) is 0 Å². The van der Waals surface area contributed by atoms with Gasteiger partial charge in [0.1, 0.15) is 0 Å². The Labute approximate surface area is 209 Å². The fraction of sp³-hybridized carbons (Fsp3) is 0.688. The van der Waals surface area contributed by atoms with E-state index in [1.54, 1.807) is 5.19 Å². The van der Waals surface area contributed by atoms with E-state index in [0.717, 1.165) is 0 Å². The third-order valence-electron chi connectivity index (χ3n) is 7.19. The number of allylic oxidation sites excluding steroid dienone is 4. The number of unbranched alkanes of at least 4 members (excludes halogenated alkanes) is 13. The highest BCUT2D eigenvalue weighted by Gasteiger charge is 2.31. The summed E-state index contributed by atoms with van der Waals surface area (Å²) in [5, 5.41) is 1.68. The molecule has 1 heteroatoms. The highest BCUT2D eigenvalue weighted by molar-refractivity contribution is 6.92. The molecule has 0 aromatic heterocycles. The highest BCUT2D eigenvalue weighted by Crippen LogP contribution is 2.27. The summed E-state index contributed by atoms with van der Waals surface area (Å²) in [6.07, 6.45) is 32.1. The molecule has 0 fully saturated rings. The van der Waals surface area contributed by atoms with Gasteiger partial charge in [0.05, 0.1) is 8.07 Å². The molecule has 0 aliphatic carbocycles. The maximum Gasteiger partial charge on any atom is 0.0940 e. The minimum atomic E-state index is -1.56. The summed E-state index contributed by atoms with van der Waals surface area (Å²) in [4.78, 5) is 0. The first-order valence-electron chi connectivity index (χ1n) is 14.6. The van der Waals surface area contributed by atoms with Crippen LogP contribution in [0.15, 0.2) is 54.6 Å². The Bertz CT molecular complexity index is 564. The van der Waals surface area contributed by atoms with Crippen molar-refractivity contribution in [1.29, 1.82) is 0 Å². The Balaban J connectivity index is 2.78.